The first kappa shape index (κ1) is 16.1. The normalized spacial score (nSPS) is 13.3. The summed E-state index contributed by atoms with van der Waals surface area (Å²) in [4.78, 5) is 23.1. The van der Waals surface area contributed by atoms with Gasteiger partial charge in [0.15, 0.2) is 18.1 Å². The van der Waals surface area contributed by atoms with Crippen LogP contribution in [0.1, 0.15) is 19.8 Å². The number of para-hydroxylation sites is 2. The van der Waals surface area contributed by atoms with Gasteiger partial charge in [0.1, 0.15) is 0 Å². The molecule has 1 aromatic rings. The van der Waals surface area contributed by atoms with Crippen molar-refractivity contribution in [3.63, 3.8) is 0 Å². The molecule has 0 heterocycles. The van der Waals surface area contributed by atoms with Gasteiger partial charge in [0.25, 0.3) is 5.91 Å². The SMILES string of the molecule is CCOc1ccccc1OCC(=O)NCCNC(=O)C1CC1. The fraction of sp³-hybridized carbons (Fsp3) is 0.500. The number of amides is 2. The van der Waals surface area contributed by atoms with Crippen LogP contribution in [0, 0.1) is 5.92 Å². The average Bonchev–Trinajstić information content (AvgIpc) is 3.35. The molecule has 1 aliphatic carbocycles. The van der Waals surface area contributed by atoms with Gasteiger partial charge in [0.2, 0.25) is 5.91 Å². The summed E-state index contributed by atoms with van der Waals surface area (Å²) in [6.07, 6.45) is 1.95. The second-order valence-corrected chi connectivity index (χ2v) is 5.08. The molecule has 6 nitrogen and oxygen atoms in total. The zero-order valence-corrected chi connectivity index (χ0v) is 12.8. The van der Waals surface area contributed by atoms with Crippen LogP contribution in [0.3, 0.4) is 0 Å². The van der Waals surface area contributed by atoms with Crippen LogP contribution in [-0.2, 0) is 9.59 Å². The highest BCUT2D eigenvalue weighted by Gasteiger charge is 2.28. The molecule has 0 spiro atoms. The van der Waals surface area contributed by atoms with Gasteiger partial charge in [-0.15, -0.1) is 0 Å². The van der Waals surface area contributed by atoms with E-state index in [1.54, 1.807) is 12.1 Å². The van der Waals surface area contributed by atoms with Crippen molar-refractivity contribution in [3.8, 4) is 11.5 Å². The standard InChI is InChI=1S/C16H22N2O4/c1-2-21-13-5-3-4-6-14(13)22-11-15(19)17-9-10-18-16(20)12-7-8-12/h3-6,12H,2,7-11H2,1H3,(H,17,19)(H,18,20). The molecule has 0 atom stereocenters. The van der Waals surface area contributed by atoms with E-state index in [4.69, 9.17) is 9.47 Å². The average molecular weight is 306 g/mol. The van der Waals surface area contributed by atoms with E-state index in [9.17, 15) is 9.59 Å². The Morgan fingerprint density at radius 3 is 2.36 bits per heavy atom. The van der Waals surface area contributed by atoms with E-state index >= 15 is 0 Å². The molecule has 2 amide bonds. The van der Waals surface area contributed by atoms with Gasteiger partial charge in [-0.05, 0) is 31.9 Å². The largest absolute Gasteiger partial charge is 0.490 e. The number of benzene rings is 1. The Morgan fingerprint density at radius 2 is 1.73 bits per heavy atom. The molecule has 0 aromatic heterocycles. The lowest BCUT2D eigenvalue weighted by atomic mass is 10.3. The molecular formula is C16H22N2O4. The van der Waals surface area contributed by atoms with Crippen molar-refractivity contribution in [1.29, 1.82) is 0 Å². The number of hydrogen-bond donors (Lipinski definition) is 2. The molecule has 0 bridgehead atoms. The van der Waals surface area contributed by atoms with Crippen LogP contribution in [0.5, 0.6) is 11.5 Å². The molecule has 120 valence electrons. The van der Waals surface area contributed by atoms with E-state index in [1.165, 1.54) is 0 Å². The predicted octanol–water partition coefficient (Wildman–Crippen LogP) is 1.11. The van der Waals surface area contributed by atoms with Crippen molar-refractivity contribution in [3.05, 3.63) is 24.3 Å². The molecular weight excluding hydrogens is 284 g/mol. The Hall–Kier alpha value is -2.24. The molecule has 0 saturated heterocycles. The Kier molecular flexibility index (Phi) is 6.06. The van der Waals surface area contributed by atoms with Crippen LogP contribution in [0.25, 0.3) is 0 Å². The fourth-order valence-electron chi connectivity index (χ4n) is 1.92. The first-order valence-electron chi connectivity index (χ1n) is 7.59. The van der Waals surface area contributed by atoms with Crippen LogP contribution < -0.4 is 20.1 Å². The van der Waals surface area contributed by atoms with Gasteiger partial charge in [-0.2, -0.15) is 0 Å². The summed E-state index contributed by atoms with van der Waals surface area (Å²) >= 11 is 0. The van der Waals surface area contributed by atoms with Gasteiger partial charge in [-0.3, -0.25) is 9.59 Å². The predicted molar refractivity (Wildman–Crippen MR) is 81.8 cm³/mol. The van der Waals surface area contributed by atoms with Gasteiger partial charge >= 0.3 is 0 Å². The maximum absolute atomic E-state index is 11.7. The highest BCUT2D eigenvalue weighted by Crippen LogP contribution is 2.28. The smallest absolute Gasteiger partial charge is 0.258 e. The van der Waals surface area contributed by atoms with Crippen LogP contribution in [0.15, 0.2) is 24.3 Å². The second kappa shape index (κ2) is 8.26. The van der Waals surface area contributed by atoms with Gasteiger partial charge in [0.05, 0.1) is 6.61 Å². The Bertz CT molecular complexity index is 515. The van der Waals surface area contributed by atoms with Crippen LogP contribution >= 0.6 is 0 Å². The van der Waals surface area contributed by atoms with Crippen molar-refractivity contribution >= 4 is 11.8 Å². The zero-order valence-electron chi connectivity index (χ0n) is 12.8. The Labute approximate surface area is 130 Å². The van der Waals surface area contributed by atoms with E-state index in [0.717, 1.165) is 12.8 Å². The summed E-state index contributed by atoms with van der Waals surface area (Å²) in [6.45, 7) is 3.18. The topological polar surface area (TPSA) is 76.7 Å². The zero-order chi connectivity index (χ0) is 15.8. The molecule has 22 heavy (non-hydrogen) atoms. The van der Waals surface area contributed by atoms with E-state index in [1.807, 2.05) is 19.1 Å². The molecule has 0 radical (unpaired) electrons. The van der Waals surface area contributed by atoms with Crippen molar-refractivity contribution in [2.75, 3.05) is 26.3 Å². The fourth-order valence-corrected chi connectivity index (χ4v) is 1.92. The maximum atomic E-state index is 11.7. The number of rotatable bonds is 9. The Morgan fingerprint density at radius 1 is 1.09 bits per heavy atom. The van der Waals surface area contributed by atoms with Crippen LogP contribution in [0.4, 0.5) is 0 Å². The third-order valence-corrected chi connectivity index (χ3v) is 3.20. The molecule has 1 fully saturated rings. The number of nitrogens with one attached hydrogen (secondary N) is 2. The summed E-state index contributed by atoms with van der Waals surface area (Å²) in [5.74, 6) is 1.20. The minimum atomic E-state index is -0.230. The van der Waals surface area contributed by atoms with Crippen molar-refractivity contribution < 1.29 is 19.1 Å². The highest BCUT2D eigenvalue weighted by atomic mass is 16.5. The summed E-state index contributed by atoms with van der Waals surface area (Å²) < 4.78 is 10.9. The Balaban J connectivity index is 1.63. The number of hydrogen-bond acceptors (Lipinski definition) is 4. The van der Waals surface area contributed by atoms with E-state index in [-0.39, 0.29) is 24.3 Å². The summed E-state index contributed by atoms with van der Waals surface area (Å²) in [5, 5.41) is 5.48. The molecule has 1 saturated carbocycles. The number of ether oxygens (including phenoxy) is 2. The van der Waals surface area contributed by atoms with Gasteiger partial charge in [0, 0.05) is 19.0 Å². The lowest BCUT2D eigenvalue weighted by Crippen LogP contribution is -2.37. The highest BCUT2D eigenvalue weighted by molar-refractivity contribution is 5.81. The molecule has 0 unspecified atom stereocenters. The van der Waals surface area contributed by atoms with Gasteiger partial charge in [-0.1, -0.05) is 12.1 Å². The third kappa shape index (κ3) is 5.27. The first-order valence-corrected chi connectivity index (χ1v) is 7.59. The minimum absolute atomic E-state index is 0.0798. The number of carbonyl (C=O) groups excluding carboxylic acids is 2. The minimum Gasteiger partial charge on any atom is -0.490 e. The van der Waals surface area contributed by atoms with Crippen LogP contribution in [0.2, 0.25) is 0 Å². The molecule has 1 aromatic carbocycles. The van der Waals surface area contributed by atoms with Crippen molar-refractivity contribution in [2.24, 2.45) is 5.92 Å². The first-order chi connectivity index (χ1) is 10.7. The maximum Gasteiger partial charge on any atom is 0.258 e. The quantitative estimate of drug-likeness (QED) is 0.670. The molecule has 0 aliphatic heterocycles. The van der Waals surface area contributed by atoms with Gasteiger partial charge in [-0.25, -0.2) is 0 Å². The summed E-state index contributed by atoms with van der Waals surface area (Å²) in [6, 6.07) is 7.22. The molecule has 2 N–H and O–H groups in total. The molecule has 2 rings (SSSR count). The van der Waals surface area contributed by atoms with E-state index in [0.29, 0.717) is 31.2 Å². The van der Waals surface area contributed by atoms with Gasteiger partial charge < -0.3 is 20.1 Å². The monoisotopic (exact) mass is 306 g/mol. The van der Waals surface area contributed by atoms with E-state index < -0.39 is 0 Å². The number of carbonyl (C=O) groups is 2. The second-order valence-electron chi connectivity index (χ2n) is 5.08. The lowest BCUT2D eigenvalue weighted by Gasteiger charge is -2.11. The van der Waals surface area contributed by atoms with E-state index in [2.05, 4.69) is 10.6 Å². The van der Waals surface area contributed by atoms with Crippen LogP contribution in [-0.4, -0.2) is 38.1 Å². The third-order valence-electron chi connectivity index (χ3n) is 3.20. The summed E-state index contributed by atoms with van der Waals surface area (Å²) in [5.41, 5.74) is 0. The van der Waals surface area contributed by atoms with Crippen molar-refractivity contribution in [2.45, 2.75) is 19.8 Å². The summed E-state index contributed by atoms with van der Waals surface area (Å²) in [7, 11) is 0. The molecule has 6 heteroatoms. The molecule has 1 aliphatic rings. The van der Waals surface area contributed by atoms with Crippen molar-refractivity contribution in [1.82, 2.24) is 10.6 Å². The lowest BCUT2D eigenvalue weighted by molar-refractivity contribution is -0.124.